The van der Waals surface area contributed by atoms with E-state index < -0.39 is 23.4 Å². The van der Waals surface area contributed by atoms with Crippen LogP contribution in [0.25, 0.3) is 11.2 Å². The molecule has 0 aliphatic carbocycles. The van der Waals surface area contributed by atoms with Gasteiger partial charge in [0.2, 0.25) is 0 Å². The quantitative estimate of drug-likeness (QED) is 0.788. The number of fused-ring (bicyclic) bond motifs is 1. The van der Waals surface area contributed by atoms with E-state index in [1.54, 1.807) is 20.8 Å². The third-order valence-corrected chi connectivity index (χ3v) is 4.24. The molecule has 2 N–H and O–H groups in total. The molecule has 0 spiro atoms. The monoisotopic (exact) mass is 418 g/mol. The number of aromatic nitrogens is 3. The molecule has 0 saturated carbocycles. The minimum Gasteiger partial charge on any atom is -0.444 e. The normalized spacial score (nSPS) is 17.1. The Kier molecular flexibility index (Phi) is 5.78. The largest absolute Gasteiger partial charge is 0.444 e. The summed E-state index contributed by atoms with van der Waals surface area (Å²) in [7, 11) is 0. The van der Waals surface area contributed by atoms with Gasteiger partial charge in [-0.1, -0.05) is 0 Å². The van der Waals surface area contributed by atoms with Crippen molar-refractivity contribution < 1.29 is 19.1 Å². The Morgan fingerprint density at radius 2 is 1.73 bits per heavy atom. The maximum Gasteiger partial charge on any atom is 0.427 e. The van der Waals surface area contributed by atoms with Gasteiger partial charge < -0.3 is 19.7 Å². The summed E-state index contributed by atoms with van der Waals surface area (Å²) in [5.74, 6) is 0.763. The summed E-state index contributed by atoms with van der Waals surface area (Å²) in [6.07, 6.45) is 1.31. The van der Waals surface area contributed by atoms with Crippen LogP contribution < -0.4 is 15.6 Å². The molecular formula is C20H30N6O4. The molecule has 1 saturated heterocycles. The van der Waals surface area contributed by atoms with Crippen LogP contribution in [0.5, 0.6) is 0 Å². The van der Waals surface area contributed by atoms with Gasteiger partial charge in [-0.2, -0.15) is 0 Å². The number of ether oxygens (including phenoxy) is 2. The average Bonchev–Trinajstić information content (AvgIpc) is 3.18. The molecule has 1 aliphatic heterocycles. The second-order valence-electron chi connectivity index (χ2n) is 9.32. The van der Waals surface area contributed by atoms with E-state index >= 15 is 0 Å². The van der Waals surface area contributed by atoms with Crippen LogP contribution in [0.3, 0.4) is 0 Å². The van der Waals surface area contributed by atoms with Crippen molar-refractivity contribution in [3.05, 3.63) is 18.5 Å². The lowest BCUT2D eigenvalue weighted by molar-refractivity contribution is 0.0507. The standard InChI is InChI=1S/C20H30N6O4/c1-19(2,3)29-17(27)22-13-9-10-25(11-13)15-8-7-14-16(23-15)21-12-26(14)24-18(28)30-20(4,5)6/h7-8,12-13H,9-11H2,1-6H3,(H,22,27)(H,24,28). The van der Waals surface area contributed by atoms with Gasteiger partial charge in [-0.15, -0.1) is 0 Å². The number of pyridine rings is 1. The SMILES string of the molecule is CC(C)(C)OC(=O)NC1CCN(c2ccc3c(ncn3NC(=O)OC(C)(C)C)n2)C1. The van der Waals surface area contributed by atoms with Crippen LogP contribution in [-0.2, 0) is 9.47 Å². The molecule has 1 aliphatic rings. The summed E-state index contributed by atoms with van der Waals surface area (Å²) >= 11 is 0. The fourth-order valence-electron chi connectivity index (χ4n) is 3.11. The van der Waals surface area contributed by atoms with E-state index in [2.05, 4.69) is 25.6 Å². The summed E-state index contributed by atoms with van der Waals surface area (Å²) in [5, 5.41) is 2.90. The first-order chi connectivity index (χ1) is 13.9. The maximum absolute atomic E-state index is 12.0. The average molecular weight is 418 g/mol. The van der Waals surface area contributed by atoms with Gasteiger partial charge in [0.1, 0.15) is 28.9 Å². The Morgan fingerprint density at radius 3 is 2.40 bits per heavy atom. The zero-order valence-corrected chi connectivity index (χ0v) is 18.4. The van der Waals surface area contributed by atoms with Gasteiger partial charge in [-0.3, -0.25) is 0 Å². The Morgan fingerprint density at radius 1 is 1.07 bits per heavy atom. The fourth-order valence-corrected chi connectivity index (χ4v) is 3.11. The first-order valence-corrected chi connectivity index (χ1v) is 9.98. The van der Waals surface area contributed by atoms with E-state index in [4.69, 9.17) is 9.47 Å². The van der Waals surface area contributed by atoms with Crippen molar-refractivity contribution in [1.29, 1.82) is 0 Å². The molecule has 10 nitrogen and oxygen atoms in total. The minimum absolute atomic E-state index is 0.0104. The highest BCUT2D eigenvalue weighted by molar-refractivity contribution is 5.81. The van der Waals surface area contributed by atoms with Crippen molar-refractivity contribution >= 4 is 29.2 Å². The first kappa shape index (κ1) is 21.7. The summed E-state index contributed by atoms with van der Waals surface area (Å²) in [4.78, 5) is 34.9. The second kappa shape index (κ2) is 8.00. The molecule has 2 aromatic heterocycles. The molecule has 164 valence electrons. The fraction of sp³-hybridized carbons (Fsp3) is 0.600. The lowest BCUT2D eigenvalue weighted by Crippen LogP contribution is -2.40. The number of carbonyl (C=O) groups is 2. The highest BCUT2D eigenvalue weighted by Gasteiger charge is 2.27. The van der Waals surface area contributed by atoms with Crippen molar-refractivity contribution in [3.8, 4) is 0 Å². The molecule has 3 heterocycles. The second-order valence-corrected chi connectivity index (χ2v) is 9.32. The number of rotatable bonds is 3. The number of hydrogen-bond acceptors (Lipinski definition) is 7. The zero-order chi connectivity index (χ0) is 22.1. The van der Waals surface area contributed by atoms with Crippen LogP contribution in [0, 0.1) is 0 Å². The number of nitrogens with one attached hydrogen (secondary N) is 2. The Labute approximate surface area is 175 Å². The van der Waals surface area contributed by atoms with Crippen LogP contribution in [0.1, 0.15) is 48.0 Å². The van der Waals surface area contributed by atoms with Crippen LogP contribution in [0.15, 0.2) is 18.5 Å². The molecular weight excluding hydrogens is 388 g/mol. The lowest BCUT2D eigenvalue weighted by Gasteiger charge is -2.22. The van der Waals surface area contributed by atoms with Crippen molar-refractivity contribution in [2.24, 2.45) is 0 Å². The van der Waals surface area contributed by atoms with Gasteiger partial charge in [0.15, 0.2) is 5.65 Å². The topological polar surface area (TPSA) is 111 Å². The van der Waals surface area contributed by atoms with Crippen molar-refractivity contribution in [3.63, 3.8) is 0 Å². The highest BCUT2D eigenvalue weighted by Crippen LogP contribution is 2.21. The number of carbonyl (C=O) groups excluding carboxylic acids is 2. The number of hydrogen-bond donors (Lipinski definition) is 2. The van der Waals surface area contributed by atoms with Crippen LogP contribution in [-0.4, -0.2) is 57.2 Å². The van der Waals surface area contributed by atoms with Gasteiger partial charge in [0.05, 0.1) is 6.04 Å². The van der Waals surface area contributed by atoms with Crippen molar-refractivity contribution in [2.45, 2.75) is 65.2 Å². The third kappa shape index (κ3) is 5.74. The number of imidazole rings is 1. The predicted molar refractivity (Wildman–Crippen MR) is 113 cm³/mol. The van der Waals surface area contributed by atoms with Gasteiger partial charge in [-0.25, -0.2) is 29.7 Å². The van der Waals surface area contributed by atoms with Crippen LogP contribution >= 0.6 is 0 Å². The molecule has 3 rings (SSSR count). The van der Waals surface area contributed by atoms with E-state index in [9.17, 15) is 9.59 Å². The van der Waals surface area contributed by atoms with E-state index in [-0.39, 0.29) is 6.04 Å². The van der Waals surface area contributed by atoms with Crippen LogP contribution in [0.4, 0.5) is 15.4 Å². The van der Waals surface area contributed by atoms with Crippen LogP contribution in [0.2, 0.25) is 0 Å². The van der Waals surface area contributed by atoms with E-state index in [1.807, 2.05) is 32.9 Å². The summed E-state index contributed by atoms with van der Waals surface area (Å²) in [6.45, 7) is 12.3. The van der Waals surface area contributed by atoms with E-state index in [0.29, 0.717) is 17.7 Å². The Bertz CT molecular complexity index is 928. The molecule has 10 heteroatoms. The minimum atomic E-state index is -0.592. The maximum atomic E-state index is 12.0. The van der Waals surface area contributed by atoms with Crippen molar-refractivity contribution in [1.82, 2.24) is 20.0 Å². The lowest BCUT2D eigenvalue weighted by atomic mass is 10.2. The molecule has 2 amide bonds. The number of alkyl carbamates (subject to hydrolysis) is 1. The van der Waals surface area contributed by atoms with Gasteiger partial charge in [-0.05, 0) is 60.1 Å². The molecule has 1 unspecified atom stereocenters. The molecule has 2 aromatic rings. The molecule has 0 radical (unpaired) electrons. The zero-order valence-electron chi connectivity index (χ0n) is 18.4. The van der Waals surface area contributed by atoms with Gasteiger partial charge in [0.25, 0.3) is 0 Å². The smallest absolute Gasteiger partial charge is 0.427 e. The molecule has 0 aromatic carbocycles. The molecule has 1 atom stereocenters. The summed E-state index contributed by atoms with van der Waals surface area (Å²) in [6, 6.07) is 3.70. The Hall–Kier alpha value is -3.04. The Balaban J connectivity index is 1.63. The van der Waals surface area contributed by atoms with E-state index in [0.717, 1.165) is 18.8 Å². The highest BCUT2D eigenvalue weighted by atomic mass is 16.6. The predicted octanol–water partition coefficient (Wildman–Crippen LogP) is 3.01. The number of anilines is 1. The van der Waals surface area contributed by atoms with Gasteiger partial charge in [0, 0.05) is 13.1 Å². The first-order valence-electron chi connectivity index (χ1n) is 9.98. The molecule has 1 fully saturated rings. The third-order valence-electron chi connectivity index (χ3n) is 4.24. The molecule has 30 heavy (non-hydrogen) atoms. The summed E-state index contributed by atoms with van der Waals surface area (Å²) in [5.41, 5.74) is 2.68. The number of nitrogens with zero attached hydrogens (tertiary/aromatic N) is 4. The molecule has 0 bridgehead atoms. The summed E-state index contributed by atoms with van der Waals surface area (Å²) < 4.78 is 12.1. The van der Waals surface area contributed by atoms with E-state index in [1.165, 1.54) is 11.0 Å². The van der Waals surface area contributed by atoms with Gasteiger partial charge >= 0.3 is 12.2 Å². The number of amides is 2. The van der Waals surface area contributed by atoms with Crippen molar-refractivity contribution in [2.75, 3.05) is 23.4 Å².